The van der Waals surface area contributed by atoms with Crippen LogP contribution in [0.3, 0.4) is 0 Å². The molecule has 4 heteroatoms. The molecule has 2 N–H and O–H groups in total. The average Bonchev–Trinajstić information content (AvgIpc) is 2.56. The Balaban J connectivity index is 2.58. The minimum Gasteiger partial charge on any atom is -0.399 e. The van der Waals surface area contributed by atoms with Crippen LogP contribution in [0.15, 0.2) is 36.7 Å². The number of anilines is 1. The Morgan fingerprint density at radius 3 is 3.14 bits per heavy atom. The largest absolute Gasteiger partial charge is 0.399 e. The van der Waals surface area contributed by atoms with Crippen LogP contribution in [0.2, 0.25) is 0 Å². The highest BCUT2D eigenvalue weighted by Crippen LogP contribution is 2.17. The molecule has 2 aromatic heterocycles. The number of nitrogens with zero attached hydrogens (tertiary/aromatic N) is 3. The van der Waals surface area contributed by atoms with Crippen molar-refractivity contribution in [2.75, 3.05) is 5.73 Å². The molecule has 0 bridgehead atoms. The van der Waals surface area contributed by atoms with Crippen molar-refractivity contribution in [2.45, 2.75) is 0 Å². The van der Waals surface area contributed by atoms with Gasteiger partial charge < -0.3 is 5.73 Å². The second kappa shape index (κ2) is 2.45. The fourth-order valence-electron chi connectivity index (χ4n) is 1.57. The highest BCUT2D eigenvalue weighted by atomic mass is 15.1. The second-order valence-corrected chi connectivity index (χ2v) is 3.15. The number of nitrogen functional groups attached to an aromatic ring is 1. The number of hydrogen-bond donors (Lipinski definition) is 1. The molecule has 0 unspecified atom stereocenters. The van der Waals surface area contributed by atoms with Gasteiger partial charge in [-0.2, -0.15) is 0 Å². The van der Waals surface area contributed by atoms with Crippen LogP contribution in [0.1, 0.15) is 0 Å². The van der Waals surface area contributed by atoms with Crippen molar-refractivity contribution in [3.8, 4) is 0 Å². The van der Waals surface area contributed by atoms with Crippen LogP contribution in [0.5, 0.6) is 0 Å². The molecule has 3 rings (SSSR count). The molecule has 14 heavy (non-hydrogen) atoms. The molecule has 0 aliphatic heterocycles. The SMILES string of the molecule is Nc1ccc2nc3ncccn3c2c1. The van der Waals surface area contributed by atoms with Crippen molar-refractivity contribution < 1.29 is 0 Å². The van der Waals surface area contributed by atoms with Gasteiger partial charge in [0.25, 0.3) is 0 Å². The summed E-state index contributed by atoms with van der Waals surface area (Å²) in [6.45, 7) is 0. The molecular formula is C10H8N4. The van der Waals surface area contributed by atoms with Crippen LogP contribution < -0.4 is 5.73 Å². The maximum Gasteiger partial charge on any atom is 0.234 e. The van der Waals surface area contributed by atoms with E-state index in [9.17, 15) is 0 Å². The lowest BCUT2D eigenvalue weighted by atomic mass is 10.3. The minimum atomic E-state index is 0.702. The average molecular weight is 184 g/mol. The van der Waals surface area contributed by atoms with Crippen molar-refractivity contribution >= 4 is 22.5 Å². The van der Waals surface area contributed by atoms with Gasteiger partial charge in [0, 0.05) is 18.1 Å². The standard InChI is InChI=1S/C10H8N4/c11-7-2-3-8-9(6-7)14-5-1-4-12-10(14)13-8/h1-6H,11H2. The lowest BCUT2D eigenvalue weighted by molar-refractivity contribution is 1.13. The van der Waals surface area contributed by atoms with Crippen LogP contribution in [0, 0.1) is 0 Å². The van der Waals surface area contributed by atoms with Gasteiger partial charge in [-0.25, -0.2) is 9.97 Å². The summed E-state index contributed by atoms with van der Waals surface area (Å²) in [5.74, 6) is 0.702. The van der Waals surface area contributed by atoms with Crippen molar-refractivity contribution in [2.24, 2.45) is 0 Å². The lowest BCUT2D eigenvalue weighted by Crippen LogP contribution is -1.87. The smallest absolute Gasteiger partial charge is 0.234 e. The zero-order chi connectivity index (χ0) is 9.54. The summed E-state index contributed by atoms with van der Waals surface area (Å²) in [5, 5.41) is 0. The Hall–Kier alpha value is -2.10. The number of rotatable bonds is 0. The third-order valence-corrected chi connectivity index (χ3v) is 2.21. The molecular weight excluding hydrogens is 176 g/mol. The number of fused-ring (bicyclic) bond motifs is 3. The first kappa shape index (κ1) is 7.32. The fourth-order valence-corrected chi connectivity index (χ4v) is 1.57. The number of hydrogen-bond acceptors (Lipinski definition) is 3. The summed E-state index contributed by atoms with van der Waals surface area (Å²) in [6.07, 6.45) is 3.65. The first-order valence-electron chi connectivity index (χ1n) is 4.33. The Morgan fingerprint density at radius 2 is 2.21 bits per heavy atom. The van der Waals surface area contributed by atoms with Crippen LogP contribution in [0.25, 0.3) is 16.8 Å². The number of benzene rings is 1. The molecule has 4 nitrogen and oxygen atoms in total. The molecule has 0 aliphatic rings. The van der Waals surface area contributed by atoms with E-state index < -0.39 is 0 Å². The van der Waals surface area contributed by atoms with Gasteiger partial charge in [0.1, 0.15) is 0 Å². The quantitative estimate of drug-likeness (QED) is 0.538. The summed E-state index contributed by atoms with van der Waals surface area (Å²) in [7, 11) is 0. The van der Waals surface area contributed by atoms with E-state index in [1.165, 1.54) is 0 Å². The first-order chi connectivity index (χ1) is 6.84. The zero-order valence-corrected chi connectivity index (χ0v) is 7.38. The Morgan fingerprint density at radius 1 is 1.29 bits per heavy atom. The zero-order valence-electron chi connectivity index (χ0n) is 7.38. The number of imidazole rings is 1. The second-order valence-electron chi connectivity index (χ2n) is 3.15. The van der Waals surface area contributed by atoms with Crippen molar-refractivity contribution in [3.63, 3.8) is 0 Å². The third kappa shape index (κ3) is 0.877. The van der Waals surface area contributed by atoms with E-state index in [0.29, 0.717) is 5.78 Å². The molecule has 0 spiro atoms. The molecule has 68 valence electrons. The van der Waals surface area contributed by atoms with Crippen LogP contribution in [-0.4, -0.2) is 14.4 Å². The maximum absolute atomic E-state index is 5.71. The maximum atomic E-state index is 5.71. The van der Waals surface area contributed by atoms with E-state index in [4.69, 9.17) is 5.73 Å². The van der Waals surface area contributed by atoms with Gasteiger partial charge in [-0.1, -0.05) is 0 Å². The summed E-state index contributed by atoms with van der Waals surface area (Å²) < 4.78 is 1.92. The van der Waals surface area contributed by atoms with Crippen LogP contribution in [-0.2, 0) is 0 Å². The van der Waals surface area contributed by atoms with Gasteiger partial charge in [-0.3, -0.25) is 4.40 Å². The summed E-state index contributed by atoms with van der Waals surface area (Å²) in [5.41, 5.74) is 8.36. The van der Waals surface area contributed by atoms with Gasteiger partial charge in [-0.15, -0.1) is 0 Å². The van der Waals surface area contributed by atoms with Crippen molar-refractivity contribution in [1.82, 2.24) is 14.4 Å². The molecule has 3 aromatic rings. The predicted molar refractivity (Wildman–Crippen MR) is 54.9 cm³/mol. The van der Waals surface area contributed by atoms with Gasteiger partial charge in [-0.05, 0) is 24.3 Å². The molecule has 0 saturated carbocycles. The lowest BCUT2D eigenvalue weighted by Gasteiger charge is -1.94. The molecule has 2 heterocycles. The fraction of sp³-hybridized carbons (Fsp3) is 0. The van der Waals surface area contributed by atoms with Gasteiger partial charge >= 0.3 is 0 Å². The van der Waals surface area contributed by atoms with E-state index in [0.717, 1.165) is 16.7 Å². The van der Waals surface area contributed by atoms with E-state index in [1.54, 1.807) is 6.20 Å². The summed E-state index contributed by atoms with van der Waals surface area (Å²) in [4.78, 5) is 8.51. The van der Waals surface area contributed by atoms with Crippen LogP contribution >= 0.6 is 0 Å². The van der Waals surface area contributed by atoms with Crippen molar-refractivity contribution in [3.05, 3.63) is 36.7 Å². The van der Waals surface area contributed by atoms with Crippen LogP contribution in [0.4, 0.5) is 5.69 Å². The topological polar surface area (TPSA) is 56.2 Å². The van der Waals surface area contributed by atoms with E-state index in [-0.39, 0.29) is 0 Å². The molecule has 0 amide bonds. The molecule has 0 atom stereocenters. The monoisotopic (exact) mass is 184 g/mol. The van der Waals surface area contributed by atoms with E-state index in [1.807, 2.05) is 34.9 Å². The highest BCUT2D eigenvalue weighted by Gasteiger charge is 2.03. The molecule has 0 radical (unpaired) electrons. The molecule has 0 fully saturated rings. The van der Waals surface area contributed by atoms with E-state index >= 15 is 0 Å². The molecule has 1 aromatic carbocycles. The molecule has 0 saturated heterocycles. The molecule has 0 aliphatic carbocycles. The minimum absolute atomic E-state index is 0.702. The third-order valence-electron chi connectivity index (χ3n) is 2.21. The highest BCUT2D eigenvalue weighted by molar-refractivity contribution is 5.82. The summed E-state index contributed by atoms with van der Waals surface area (Å²) >= 11 is 0. The van der Waals surface area contributed by atoms with Gasteiger partial charge in [0.15, 0.2) is 0 Å². The number of nitrogens with two attached hydrogens (primary N) is 1. The van der Waals surface area contributed by atoms with Crippen molar-refractivity contribution in [1.29, 1.82) is 0 Å². The Labute approximate surface area is 80.0 Å². The Bertz CT molecular complexity index is 612. The first-order valence-corrected chi connectivity index (χ1v) is 4.33. The Kier molecular flexibility index (Phi) is 1.28. The predicted octanol–water partition coefficient (Wildman–Crippen LogP) is 1.46. The normalized spacial score (nSPS) is 11.1. The number of aromatic nitrogens is 3. The van der Waals surface area contributed by atoms with Gasteiger partial charge in [0.2, 0.25) is 5.78 Å². The summed E-state index contributed by atoms with van der Waals surface area (Å²) in [6, 6.07) is 7.52. The van der Waals surface area contributed by atoms with Gasteiger partial charge in [0.05, 0.1) is 11.0 Å². The van der Waals surface area contributed by atoms with E-state index in [2.05, 4.69) is 9.97 Å².